The van der Waals surface area contributed by atoms with Gasteiger partial charge in [-0.2, -0.15) is 18.4 Å². The molecular weight excluding hydrogens is 348 g/mol. The smallest absolute Gasteiger partial charge is 0.276 e. The number of hydrogen-bond acceptors (Lipinski definition) is 4. The van der Waals surface area contributed by atoms with Crippen molar-refractivity contribution in [3.8, 4) is 5.75 Å². The maximum Gasteiger partial charge on any atom is 0.276 e. The Bertz CT molecular complexity index is 863. The summed E-state index contributed by atoms with van der Waals surface area (Å²) in [6.45, 7) is 10.6. The summed E-state index contributed by atoms with van der Waals surface area (Å²) in [5.74, 6) is 0.630. The second-order valence-electron chi connectivity index (χ2n) is 7.02. The Kier molecular flexibility index (Phi) is 6.08. The van der Waals surface area contributed by atoms with Gasteiger partial charge in [-0.15, -0.1) is 0 Å². The molecule has 26 heavy (non-hydrogen) atoms. The molecule has 0 radical (unpaired) electrons. The molecule has 2 aromatic rings. The van der Waals surface area contributed by atoms with E-state index in [1.54, 1.807) is 19.1 Å². The minimum atomic E-state index is -3.72. The van der Waals surface area contributed by atoms with Crippen LogP contribution in [0.4, 0.5) is 0 Å². The third kappa shape index (κ3) is 5.08. The monoisotopic (exact) mass is 374 g/mol. The van der Waals surface area contributed by atoms with Gasteiger partial charge in [0.1, 0.15) is 5.75 Å². The van der Waals surface area contributed by atoms with E-state index in [0.717, 1.165) is 5.56 Å². The van der Waals surface area contributed by atoms with E-state index in [0.29, 0.717) is 18.1 Å². The van der Waals surface area contributed by atoms with Gasteiger partial charge in [-0.3, -0.25) is 0 Å². The van der Waals surface area contributed by atoms with Crippen molar-refractivity contribution in [2.24, 2.45) is 5.10 Å². The summed E-state index contributed by atoms with van der Waals surface area (Å²) in [5.41, 5.74) is 2.75. The average molecular weight is 375 g/mol. The number of nitrogens with one attached hydrogen (secondary N) is 1. The molecule has 0 bridgehead atoms. The molecule has 0 unspecified atom stereocenters. The van der Waals surface area contributed by atoms with Crippen LogP contribution in [0.3, 0.4) is 0 Å². The first kappa shape index (κ1) is 20.0. The van der Waals surface area contributed by atoms with Crippen molar-refractivity contribution in [3.63, 3.8) is 0 Å². The lowest BCUT2D eigenvalue weighted by Gasteiger charge is -2.19. The molecule has 0 aliphatic rings. The molecule has 0 aliphatic heterocycles. The SMILES string of the molecule is CCOc1ccc(S(=O)(=O)N/N=C(\C)c2ccc(C(C)(C)C)cc2)cc1. The molecule has 0 aromatic heterocycles. The maximum atomic E-state index is 12.4. The summed E-state index contributed by atoms with van der Waals surface area (Å²) in [5, 5.41) is 4.04. The molecule has 2 aromatic carbocycles. The van der Waals surface area contributed by atoms with Gasteiger partial charge in [-0.25, -0.2) is 0 Å². The maximum absolute atomic E-state index is 12.4. The molecule has 0 spiro atoms. The molecule has 0 aliphatic carbocycles. The fraction of sp³-hybridized carbons (Fsp3) is 0.350. The van der Waals surface area contributed by atoms with Crippen LogP contribution in [0.2, 0.25) is 0 Å². The summed E-state index contributed by atoms with van der Waals surface area (Å²) in [6.07, 6.45) is 0. The molecule has 2 rings (SSSR count). The van der Waals surface area contributed by atoms with E-state index in [2.05, 4.69) is 30.7 Å². The summed E-state index contributed by atoms with van der Waals surface area (Å²) >= 11 is 0. The van der Waals surface area contributed by atoms with Gasteiger partial charge in [-0.05, 0) is 54.7 Å². The number of benzene rings is 2. The minimum Gasteiger partial charge on any atom is -0.494 e. The number of hydrazone groups is 1. The Morgan fingerprint density at radius 1 is 1.04 bits per heavy atom. The van der Waals surface area contributed by atoms with Crippen LogP contribution in [-0.2, 0) is 15.4 Å². The number of ether oxygens (including phenoxy) is 1. The fourth-order valence-corrected chi connectivity index (χ4v) is 3.20. The summed E-state index contributed by atoms with van der Waals surface area (Å²) in [7, 11) is -3.72. The Labute approximate surface area is 156 Å². The molecule has 0 saturated carbocycles. The van der Waals surface area contributed by atoms with Crippen molar-refractivity contribution < 1.29 is 13.2 Å². The predicted octanol–water partition coefficient (Wildman–Crippen LogP) is 4.09. The number of nitrogens with zero attached hydrogens (tertiary/aromatic N) is 1. The second-order valence-corrected chi connectivity index (χ2v) is 8.68. The van der Waals surface area contributed by atoms with E-state index in [1.807, 2.05) is 31.2 Å². The molecule has 0 amide bonds. The highest BCUT2D eigenvalue weighted by Gasteiger charge is 2.15. The van der Waals surface area contributed by atoms with E-state index >= 15 is 0 Å². The number of hydrogen-bond donors (Lipinski definition) is 1. The van der Waals surface area contributed by atoms with E-state index in [-0.39, 0.29) is 10.3 Å². The van der Waals surface area contributed by atoms with Gasteiger partial charge in [0.25, 0.3) is 10.0 Å². The Morgan fingerprint density at radius 2 is 1.62 bits per heavy atom. The van der Waals surface area contributed by atoms with Crippen molar-refractivity contribution in [1.29, 1.82) is 0 Å². The van der Waals surface area contributed by atoms with Gasteiger partial charge in [-0.1, -0.05) is 45.0 Å². The second kappa shape index (κ2) is 7.91. The first-order valence-electron chi connectivity index (χ1n) is 8.53. The number of rotatable bonds is 6. The Hall–Kier alpha value is -2.34. The van der Waals surface area contributed by atoms with Crippen LogP contribution in [-0.4, -0.2) is 20.7 Å². The fourth-order valence-electron chi connectivity index (χ4n) is 2.34. The van der Waals surface area contributed by atoms with Crippen molar-refractivity contribution in [2.45, 2.75) is 44.9 Å². The minimum absolute atomic E-state index is 0.0683. The van der Waals surface area contributed by atoms with Crippen LogP contribution in [0.5, 0.6) is 5.75 Å². The van der Waals surface area contributed by atoms with Crippen molar-refractivity contribution in [1.82, 2.24) is 4.83 Å². The summed E-state index contributed by atoms with van der Waals surface area (Å²) in [4.78, 5) is 2.43. The standard InChI is InChI=1S/C20H26N2O3S/c1-6-25-18-11-13-19(14-12-18)26(23,24)22-21-15(2)16-7-9-17(10-8-16)20(3,4)5/h7-14,22H,6H2,1-5H3/b21-15+. The molecule has 140 valence electrons. The summed E-state index contributed by atoms with van der Waals surface area (Å²) < 4.78 is 30.0. The van der Waals surface area contributed by atoms with Gasteiger partial charge in [0.05, 0.1) is 17.2 Å². The summed E-state index contributed by atoms with van der Waals surface area (Å²) in [6, 6.07) is 14.2. The lowest BCUT2D eigenvalue weighted by atomic mass is 9.86. The van der Waals surface area contributed by atoms with Crippen LogP contribution in [0.15, 0.2) is 58.5 Å². The lowest BCUT2D eigenvalue weighted by molar-refractivity contribution is 0.340. The molecule has 1 N–H and O–H groups in total. The average Bonchev–Trinajstić information content (AvgIpc) is 2.60. The van der Waals surface area contributed by atoms with Gasteiger partial charge in [0.2, 0.25) is 0 Å². The largest absolute Gasteiger partial charge is 0.494 e. The molecule has 6 heteroatoms. The predicted molar refractivity (Wildman–Crippen MR) is 105 cm³/mol. The highest BCUT2D eigenvalue weighted by atomic mass is 32.2. The van der Waals surface area contributed by atoms with Crippen LogP contribution < -0.4 is 9.57 Å². The highest BCUT2D eigenvalue weighted by Crippen LogP contribution is 2.22. The zero-order valence-corrected chi connectivity index (χ0v) is 16.7. The normalized spacial score (nSPS) is 12.7. The first-order valence-corrected chi connectivity index (χ1v) is 10.0. The molecule has 0 heterocycles. The first-order chi connectivity index (χ1) is 12.1. The number of sulfonamides is 1. The van der Waals surface area contributed by atoms with Gasteiger partial charge in [0.15, 0.2) is 0 Å². The van der Waals surface area contributed by atoms with Gasteiger partial charge < -0.3 is 4.74 Å². The highest BCUT2D eigenvalue weighted by molar-refractivity contribution is 7.89. The molecule has 0 saturated heterocycles. The Balaban J connectivity index is 2.13. The van der Waals surface area contributed by atoms with Gasteiger partial charge >= 0.3 is 0 Å². The van der Waals surface area contributed by atoms with E-state index in [1.165, 1.54) is 17.7 Å². The Morgan fingerprint density at radius 3 is 2.12 bits per heavy atom. The lowest BCUT2D eigenvalue weighted by Crippen LogP contribution is -2.20. The quantitative estimate of drug-likeness (QED) is 0.612. The van der Waals surface area contributed by atoms with Crippen LogP contribution >= 0.6 is 0 Å². The van der Waals surface area contributed by atoms with Crippen LogP contribution in [0.1, 0.15) is 45.7 Å². The van der Waals surface area contributed by atoms with E-state index < -0.39 is 10.0 Å². The van der Waals surface area contributed by atoms with Crippen molar-refractivity contribution >= 4 is 15.7 Å². The van der Waals surface area contributed by atoms with Crippen molar-refractivity contribution in [2.75, 3.05) is 6.61 Å². The molecule has 0 atom stereocenters. The van der Waals surface area contributed by atoms with E-state index in [9.17, 15) is 8.42 Å². The zero-order chi connectivity index (χ0) is 19.4. The molecular formula is C20H26N2O3S. The van der Waals surface area contributed by atoms with Crippen LogP contribution in [0, 0.1) is 0 Å². The molecule has 0 fully saturated rings. The molecule has 5 nitrogen and oxygen atoms in total. The third-order valence-electron chi connectivity index (χ3n) is 3.95. The van der Waals surface area contributed by atoms with Crippen molar-refractivity contribution in [3.05, 3.63) is 59.7 Å². The van der Waals surface area contributed by atoms with Crippen LogP contribution in [0.25, 0.3) is 0 Å². The zero-order valence-electron chi connectivity index (χ0n) is 15.9. The van der Waals surface area contributed by atoms with Gasteiger partial charge in [0, 0.05) is 0 Å². The third-order valence-corrected chi connectivity index (χ3v) is 5.17. The van der Waals surface area contributed by atoms with E-state index in [4.69, 9.17) is 4.74 Å². The topological polar surface area (TPSA) is 67.8 Å².